The Kier molecular flexibility index (Phi) is 7.29. The molecule has 0 aliphatic heterocycles. The monoisotopic (exact) mass is 350 g/mol. The molecule has 1 fully saturated rings. The van der Waals surface area contributed by atoms with Crippen molar-refractivity contribution in [3.63, 3.8) is 0 Å². The van der Waals surface area contributed by atoms with E-state index in [4.69, 9.17) is 15.3 Å². The van der Waals surface area contributed by atoms with Gasteiger partial charge in [0.2, 0.25) is 5.79 Å². The first-order chi connectivity index (χ1) is 11.6. The Morgan fingerprint density at radius 1 is 1.38 bits per heavy atom. The van der Waals surface area contributed by atoms with Gasteiger partial charge in [-0.25, -0.2) is 4.18 Å². The molecule has 3 unspecified atom stereocenters. The molecule has 5 heteroatoms. The van der Waals surface area contributed by atoms with E-state index in [0.29, 0.717) is 18.6 Å². The Labute approximate surface area is 147 Å². The highest BCUT2D eigenvalue weighted by molar-refractivity contribution is 7.74. The average Bonchev–Trinajstić information content (AvgIpc) is 2.56. The van der Waals surface area contributed by atoms with Crippen molar-refractivity contribution in [1.82, 2.24) is 0 Å². The van der Waals surface area contributed by atoms with E-state index in [0.717, 1.165) is 38.5 Å². The fourth-order valence-corrected chi connectivity index (χ4v) is 3.77. The second-order valence-corrected chi connectivity index (χ2v) is 6.91. The predicted octanol–water partition coefficient (Wildman–Crippen LogP) is 4.47. The summed E-state index contributed by atoms with van der Waals surface area (Å²) in [7, 11) is 0. The summed E-state index contributed by atoms with van der Waals surface area (Å²) >= 11 is -2.40. The van der Waals surface area contributed by atoms with Crippen molar-refractivity contribution in [3.05, 3.63) is 29.8 Å². The van der Waals surface area contributed by atoms with Crippen LogP contribution in [0.5, 0.6) is 5.75 Å². The summed E-state index contributed by atoms with van der Waals surface area (Å²) in [6.45, 7) is 2.17. The second-order valence-electron chi connectivity index (χ2n) is 6.31. The van der Waals surface area contributed by atoms with E-state index in [1.54, 1.807) is 0 Å². The Morgan fingerprint density at radius 3 is 2.75 bits per heavy atom. The molecule has 1 aromatic carbocycles. The minimum absolute atomic E-state index is 0.0906. The van der Waals surface area contributed by atoms with Crippen molar-refractivity contribution in [2.75, 3.05) is 0 Å². The smallest absolute Gasteiger partial charge is 0.305 e. The van der Waals surface area contributed by atoms with E-state index in [2.05, 4.69) is 12.8 Å². The van der Waals surface area contributed by atoms with Gasteiger partial charge in [0.15, 0.2) is 0 Å². The van der Waals surface area contributed by atoms with Gasteiger partial charge >= 0.3 is 11.4 Å². The molecule has 0 amide bonds. The fourth-order valence-electron chi connectivity index (χ4n) is 3.27. The van der Waals surface area contributed by atoms with Crippen LogP contribution >= 0.6 is 0 Å². The van der Waals surface area contributed by atoms with Gasteiger partial charge in [0, 0.05) is 18.8 Å². The molecule has 1 aromatic rings. The minimum atomic E-state index is -2.40. The highest BCUT2D eigenvalue weighted by atomic mass is 32.2. The lowest BCUT2D eigenvalue weighted by atomic mass is 9.81. The predicted molar refractivity (Wildman–Crippen MR) is 95.7 cm³/mol. The molecule has 0 radical (unpaired) electrons. The number of ether oxygens (including phenoxy) is 1. The van der Waals surface area contributed by atoms with Crippen LogP contribution < -0.4 is 4.74 Å². The zero-order valence-electron chi connectivity index (χ0n) is 14.2. The molecule has 0 aromatic heterocycles. The maximum atomic E-state index is 11.3. The van der Waals surface area contributed by atoms with Crippen molar-refractivity contribution in [2.45, 2.75) is 64.1 Å². The number of rotatable bonds is 8. The van der Waals surface area contributed by atoms with Crippen LogP contribution in [0.15, 0.2) is 24.3 Å². The van der Waals surface area contributed by atoms with Crippen molar-refractivity contribution >= 4 is 11.4 Å². The first kappa shape index (κ1) is 19.0. The summed E-state index contributed by atoms with van der Waals surface area (Å²) in [5, 5.41) is 0. The molecule has 1 aliphatic carbocycles. The van der Waals surface area contributed by atoms with Gasteiger partial charge in [-0.3, -0.25) is 4.55 Å². The third-order valence-corrected chi connectivity index (χ3v) is 4.98. The van der Waals surface area contributed by atoms with Crippen LogP contribution in [-0.4, -0.2) is 14.5 Å². The summed E-state index contributed by atoms with van der Waals surface area (Å²) in [5.41, 5.74) is 1.26. The standard InChI is InChI=1S/C19H26O4S/c1-3-5-9-16-11-13-18(14-12-16)22-19(23-24(20)21)15-7-6-10-17(19)8-4-2/h2,11-14,17H,3,5-10,15H2,1H3,(H,20,21). The van der Waals surface area contributed by atoms with Crippen molar-refractivity contribution in [1.29, 1.82) is 0 Å². The molecule has 0 heterocycles. The largest absolute Gasteiger partial charge is 0.461 e. The Balaban J connectivity index is 2.18. The van der Waals surface area contributed by atoms with Gasteiger partial charge < -0.3 is 4.74 Å². The summed E-state index contributed by atoms with van der Waals surface area (Å²) in [6.07, 6.45) is 12.6. The highest BCUT2D eigenvalue weighted by Crippen LogP contribution is 2.41. The van der Waals surface area contributed by atoms with Crippen LogP contribution in [-0.2, 0) is 22.0 Å². The van der Waals surface area contributed by atoms with Crippen LogP contribution in [0.4, 0.5) is 0 Å². The third kappa shape index (κ3) is 5.07. The van der Waals surface area contributed by atoms with Crippen molar-refractivity contribution in [3.8, 4) is 18.1 Å². The molecule has 2 rings (SSSR count). The molecule has 1 saturated carbocycles. The number of benzene rings is 1. The van der Waals surface area contributed by atoms with E-state index in [1.165, 1.54) is 5.56 Å². The maximum Gasteiger partial charge on any atom is 0.305 e. The molecule has 1 aliphatic rings. The van der Waals surface area contributed by atoms with Crippen LogP contribution in [0.1, 0.15) is 57.4 Å². The Hall–Kier alpha value is -1.35. The molecule has 0 bridgehead atoms. The molecular formula is C19H26O4S. The molecule has 0 saturated heterocycles. The first-order valence-corrected chi connectivity index (χ1v) is 9.64. The number of hydrogen-bond acceptors (Lipinski definition) is 3. The van der Waals surface area contributed by atoms with Gasteiger partial charge in [-0.05, 0) is 43.4 Å². The summed E-state index contributed by atoms with van der Waals surface area (Å²) in [5.74, 6) is 2.07. The topological polar surface area (TPSA) is 55.8 Å². The van der Waals surface area contributed by atoms with Crippen molar-refractivity contribution < 1.29 is 17.7 Å². The van der Waals surface area contributed by atoms with E-state index >= 15 is 0 Å². The molecule has 3 atom stereocenters. The molecular weight excluding hydrogens is 324 g/mol. The third-order valence-electron chi connectivity index (χ3n) is 4.56. The van der Waals surface area contributed by atoms with E-state index < -0.39 is 17.1 Å². The van der Waals surface area contributed by atoms with Gasteiger partial charge in [0.25, 0.3) is 0 Å². The summed E-state index contributed by atoms with van der Waals surface area (Å²) in [6, 6.07) is 7.87. The maximum absolute atomic E-state index is 11.3. The highest BCUT2D eigenvalue weighted by Gasteiger charge is 2.46. The van der Waals surface area contributed by atoms with E-state index in [-0.39, 0.29) is 5.92 Å². The van der Waals surface area contributed by atoms with E-state index in [9.17, 15) is 8.76 Å². The average molecular weight is 350 g/mol. The molecule has 1 N–H and O–H groups in total. The minimum Gasteiger partial charge on any atom is -0.461 e. The van der Waals surface area contributed by atoms with E-state index in [1.807, 2.05) is 24.3 Å². The van der Waals surface area contributed by atoms with Gasteiger partial charge in [-0.15, -0.1) is 12.3 Å². The van der Waals surface area contributed by atoms with Gasteiger partial charge in [-0.1, -0.05) is 31.9 Å². The summed E-state index contributed by atoms with van der Waals surface area (Å²) < 4.78 is 32.1. The second kappa shape index (κ2) is 9.22. The summed E-state index contributed by atoms with van der Waals surface area (Å²) in [4.78, 5) is 0. The van der Waals surface area contributed by atoms with Crippen LogP contribution in [0.25, 0.3) is 0 Å². The zero-order chi connectivity index (χ0) is 17.4. The number of aryl methyl sites for hydroxylation is 1. The SMILES string of the molecule is C#CCC1CCCCC1(Oc1ccc(CCCC)cc1)OS(=O)O. The van der Waals surface area contributed by atoms with Crippen LogP contribution in [0.3, 0.4) is 0 Å². The lowest BCUT2D eigenvalue weighted by molar-refractivity contribution is -0.171. The molecule has 0 spiro atoms. The van der Waals surface area contributed by atoms with Crippen LogP contribution in [0, 0.1) is 18.3 Å². The van der Waals surface area contributed by atoms with Crippen LogP contribution in [0.2, 0.25) is 0 Å². The number of unbranched alkanes of at least 4 members (excludes halogenated alkanes) is 1. The van der Waals surface area contributed by atoms with Gasteiger partial charge in [0.05, 0.1) is 0 Å². The number of terminal acetylenes is 1. The Bertz CT molecular complexity index is 578. The van der Waals surface area contributed by atoms with Gasteiger partial charge in [-0.2, -0.15) is 4.21 Å². The molecule has 4 nitrogen and oxygen atoms in total. The first-order valence-electron chi connectivity index (χ1n) is 8.61. The molecule has 24 heavy (non-hydrogen) atoms. The lowest BCUT2D eigenvalue weighted by Crippen LogP contribution is -2.49. The normalized spacial score (nSPS) is 25.0. The van der Waals surface area contributed by atoms with Crippen molar-refractivity contribution in [2.24, 2.45) is 5.92 Å². The zero-order valence-corrected chi connectivity index (χ0v) is 15.0. The fraction of sp³-hybridized carbons (Fsp3) is 0.579. The quantitative estimate of drug-likeness (QED) is 0.427. The number of hydrogen-bond donors (Lipinski definition) is 1. The Morgan fingerprint density at radius 2 is 2.12 bits per heavy atom. The lowest BCUT2D eigenvalue weighted by Gasteiger charge is -2.41. The van der Waals surface area contributed by atoms with Gasteiger partial charge in [0.1, 0.15) is 5.75 Å². The molecule has 132 valence electrons.